The van der Waals surface area contributed by atoms with Crippen molar-refractivity contribution < 1.29 is 9.47 Å². The first kappa shape index (κ1) is 11.1. The molecule has 0 heterocycles. The van der Waals surface area contributed by atoms with Crippen molar-refractivity contribution in [3.05, 3.63) is 29.8 Å². The van der Waals surface area contributed by atoms with Gasteiger partial charge in [0.25, 0.3) is 0 Å². The maximum atomic E-state index is 5.30. The van der Waals surface area contributed by atoms with E-state index < -0.39 is 0 Å². The summed E-state index contributed by atoms with van der Waals surface area (Å²) in [6.07, 6.45) is 0. The average molecular weight is 194 g/mol. The minimum absolute atomic E-state index is 0.194. The molecule has 78 valence electrons. The lowest BCUT2D eigenvalue weighted by molar-refractivity contribution is 0.0511. The van der Waals surface area contributed by atoms with Gasteiger partial charge in [0.05, 0.1) is 0 Å². The van der Waals surface area contributed by atoms with Crippen LogP contribution in [-0.4, -0.2) is 13.9 Å². The molecule has 0 unspecified atom stereocenters. The number of hydrogen-bond donors (Lipinski definition) is 0. The van der Waals surface area contributed by atoms with Gasteiger partial charge in [0.2, 0.25) is 0 Å². The van der Waals surface area contributed by atoms with E-state index in [0.717, 1.165) is 5.75 Å². The first-order chi connectivity index (χ1) is 6.54. The van der Waals surface area contributed by atoms with E-state index >= 15 is 0 Å². The number of rotatable bonds is 3. The normalized spacial score (nSPS) is 11.4. The summed E-state index contributed by atoms with van der Waals surface area (Å²) >= 11 is 0. The van der Waals surface area contributed by atoms with Crippen LogP contribution in [0.4, 0.5) is 0 Å². The predicted octanol–water partition coefficient (Wildman–Crippen LogP) is 2.97. The van der Waals surface area contributed by atoms with Gasteiger partial charge in [-0.25, -0.2) is 0 Å². The van der Waals surface area contributed by atoms with Crippen LogP contribution in [0.25, 0.3) is 0 Å². The highest BCUT2D eigenvalue weighted by atomic mass is 16.7. The molecule has 0 aromatic heterocycles. The number of ether oxygens (including phenoxy) is 2. The molecular weight excluding hydrogens is 176 g/mol. The van der Waals surface area contributed by atoms with Gasteiger partial charge in [-0.05, 0) is 23.1 Å². The third-order valence-corrected chi connectivity index (χ3v) is 2.06. The van der Waals surface area contributed by atoms with Gasteiger partial charge in [-0.15, -0.1) is 0 Å². The van der Waals surface area contributed by atoms with Crippen LogP contribution >= 0.6 is 0 Å². The smallest absolute Gasteiger partial charge is 0.188 e. The van der Waals surface area contributed by atoms with Gasteiger partial charge in [0.1, 0.15) is 5.75 Å². The van der Waals surface area contributed by atoms with Crippen LogP contribution < -0.4 is 4.74 Å². The fourth-order valence-corrected chi connectivity index (χ4v) is 1.18. The Morgan fingerprint density at radius 2 is 1.64 bits per heavy atom. The Morgan fingerprint density at radius 1 is 1.07 bits per heavy atom. The average Bonchev–Trinajstić information content (AvgIpc) is 2.14. The number of methoxy groups -OCH3 is 1. The molecule has 1 rings (SSSR count). The summed E-state index contributed by atoms with van der Waals surface area (Å²) in [5, 5.41) is 0. The Labute approximate surface area is 85.8 Å². The highest BCUT2D eigenvalue weighted by Crippen LogP contribution is 2.24. The zero-order valence-corrected chi connectivity index (χ0v) is 9.33. The third kappa shape index (κ3) is 3.04. The van der Waals surface area contributed by atoms with Crippen LogP contribution in [0, 0.1) is 0 Å². The van der Waals surface area contributed by atoms with Crippen LogP contribution in [0.2, 0.25) is 0 Å². The molecule has 2 heteroatoms. The molecule has 1 aromatic rings. The van der Waals surface area contributed by atoms with Gasteiger partial charge >= 0.3 is 0 Å². The van der Waals surface area contributed by atoms with Gasteiger partial charge in [-0.3, -0.25) is 0 Å². The molecule has 0 spiro atoms. The van der Waals surface area contributed by atoms with Crippen molar-refractivity contribution in [2.24, 2.45) is 0 Å². The lowest BCUT2D eigenvalue weighted by Gasteiger charge is -2.19. The van der Waals surface area contributed by atoms with E-state index in [9.17, 15) is 0 Å². The maximum absolute atomic E-state index is 5.30. The van der Waals surface area contributed by atoms with Gasteiger partial charge in [-0.2, -0.15) is 0 Å². The van der Waals surface area contributed by atoms with E-state index in [2.05, 4.69) is 32.9 Å². The van der Waals surface area contributed by atoms with Crippen molar-refractivity contribution in [2.45, 2.75) is 26.2 Å². The van der Waals surface area contributed by atoms with Crippen molar-refractivity contribution >= 4 is 0 Å². The SMILES string of the molecule is COCOc1ccc(C(C)(C)C)cc1. The van der Waals surface area contributed by atoms with Crippen LogP contribution in [0.5, 0.6) is 5.75 Å². The lowest BCUT2D eigenvalue weighted by Crippen LogP contribution is -2.10. The molecule has 0 N–H and O–H groups in total. The zero-order chi connectivity index (χ0) is 10.6. The van der Waals surface area contributed by atoms with Crippen molar-refractivity contribution in [1.29, 1.82) is 0 Å². The highest BCUT2D eigenvalue weighted by Gasteiger charge is 2.12. The molecule has 2 nitrogen and oxygen atoms in total. The van der Waals surface area contributed by atoms with E-state index in [1.165, 1.54) is 5.56 Å². The van der Waals surface area contributed by atoms with E-state index in [-0.39, 0.29) is 5.41 Å². The molecule has 0 radical (unpaired) electrons. The third-order valence-electron chi connectivity index (χ3n) is 2.06. The number of hydrogen-bond acceptors (Lipinski definition) is 2. The Kier molecular flexibility index (Phi) is 3.53. The summed E-state index contributed by atoms with van der Waals surface area (Å²) in [6, 6.07) is 8.12. The van der Waals surface area contributed by atoms with Gasteiger partial charge < -0.3 is 9.47 Å². The van der Waals surface area contributed by atoms with Crippen molar-refractivity contribution in [3.63, 3.8) is 0 Å². The van der Waals surface area contributed by atoms with Crippen LogP contribution in [0.3, 0.4) is 0 Å². The fourth-order valence-electron chi connectivity index (χ4n) is 1.18. The topological polar surface area (TPSA) is 18.5 Å². The standard InChI is InChI=1S/C12H18O2/c1-12(2,3)10-5-7-11(8-6-10)14-9-13-4/h5-8H,9H2,1-4H3. The van der Waals surface area contributed by atoms with E-state index in [1.54, 1.807) is 7.11 Å². The van der Waals surface area contributed by atoms with Crippen molar-refractivity contribution in [1.82, 2.24) is 0 Å². The summed E-state index contributed by atoms with van der Waals surface area (Å²) in [7, 11) is 1.61. The monoisotopic (exact) mass is 194 g/mol. The second-order valence-corrected chi connectivity index (χ2v) is 4.33. The zero-order valence-electron chi connectivity index (χ0n) is 9.33. The first-order valence-corrected chi connectivity index (χ1v) is 4.76. The van der Waals surface area contributed by atoms with Crippen molar-refractivity contribution in [2.75, 3.05) is 13.9 Å². The van der Waals surface area contributed by atoms with Gasteiger partial charge in [-0.1, -0.05) is 32.9 Å². The summed E-state index contributed by atoms with van der Waals surface area (Å²) in [5.41, 5.74) is 1.50. The summed E-state index contributed by atoms with van der Waals surface area (Å²) < 4.78 is 10.1. The second kappa shape index (κ2) is 4.47. The molecule has 0 saturated carbocycles. The molecule has 0 amide bonds. The molecule has 0 aliphatic carbocycles. The number of benzene rings is 1. The molecule has 0 fully saturated rings. The Bertz CT molecular complexity index is 269. The molecule has 0 saturated heterocycles. The maximum Gasteiger partial charge on any atom is 0.188 e. The van der Waals surface area contributed by atoms with Gasteiger partial charge in [0, 0.05) is 7.11 Å². The van der Waals surface area contributed by atoms with E-state index in [1.807, 2.05) is 12.1 Å². The largest absolute Gasteiger partial charge is 0.468 e. The Morgan fingerprint density at radius 3 is 2.07 bits per heavy atom. The molecule has 0 aliphatic heterocycles. The van der Waals surface area contributed by atoms with E-state index in [4.69, 9.17) is 9.47 Å². The van der Waals surface area contributed by atoms with E-state index in [0.29, 0.717) is 6.79 Å². The lowest BCUT2D eigenvalue weighted by atomic mass is 9.87. The van der Waals surface area contributed by atoms with Crippen LogP contribution in [0.1, 0.15) is 26.3 Å². The Balaban J connectivity index is 2.69. The minimum atomic E-state index is 0.194. The molecule has 0 atom stereocenters. The molecule has 0 bridgehead atoms. The second-order valence-electron chi connectivity index (χ2n) is 4.33. The predicted molar refractivity (Wildman–Crippen MR) is 57.6 cm³/mol. The Hall–Kier alpha value is -1.02. The minimum Gasteiger partial charge on any atom is -0.468 e. The summed E-state index contributed by atoms with van der Waals surface area (Å²) in [6.45, 7) is 6.88. The van der Waals surface area contributed by atoms with Crippen molar-refractivity contribution in [3.8, 4) is 5.75 Å². The van der Waals surface area contributed by atoms with Crippen LogP contribution in [-0.2, 0) is 10.2 Å². The highest BCUT2D eigenvalue weighted by molar-refractivity contribution is 5.30. The molecule has 0 aliphatic rings. The van der Waals surface area contributed by atoms with Gasteiger partial charge in [0.15, 0.2) is 6.79 Å². The summed E-state index contributed by atoms with van der Waals surface area (Å²) in [4.78, 5) is 0. The summed E-state index contributed by atoms with van der Waals surface area (Å²) in [5.74, 6) is 0.847. The quantitative estimate of drug-likeness (QED) is 0.689. The first-order valence-electron chi connectivity index (χ1n) is 4.76. The molecule has 14 heavy (non-hydrogen) atoms. The molecule has 1 aromatic carbocycles. The molecular formula is C12H18O2. The fraction of sp³-hybridized carbons (Fsp3) is 0.500. The van der Waals surface area contributed by atoms with Crippen LogP contribution in [0.15, 0.2) is 24.3 Å².